The molecule has 2 saturated heterocycles. The van der Waals surface area contributed by atoms with E-state index in [1.165, 1.54) is 25.7 Å². The molecule has 0 bridgehead atoms. The number of esters is 2. The zero-order chi connectivity index (χ0) is 35.5. The topological polar surface area (TPSA) is 115 Å². The van der Waals surface area contributed by atoms with Crippen LogP contribution in [0, 0.1) is 11.8 Å². The monoisotopic (exact) mass is 714 g/mol. The molecular weight excluding hydrogens is 664 g/mol. The van der Waals surface area contributed by atoms with E-state index >= 15 is 0 Å². The van der Waals surface area contributed by atoms with Crippen molar-refractivity contribution in [1.29, 1.82) is 0 Å². The molecule has 0 radical (unpaired) electrons. The lowest BCUT2D eigenvalue weighted by molar-refractivity contribution is 0.0719. The number of benzene rings is 3. The van der Waals surface area contributed by atoms with Crippen molar-refractivity contribution in [1.82, 2.24) is 0 Å². The first kappa shape index (κ1) is 36.4. The second-order valence-corrected chi connectivity index (χ2v) is 14.3. The zero-order valence-corrected chi connectivity index (χ0v) is 29.8. The Hall–Kier alpha value is -3.96. The fraction of sp³-hybridized carbons (Fsp3) is 0.524. The molecule has 278 valence electrons. The first-order valence-electron chi connectivity index (χ1n) is 19.0. The lowest BCUT2D eigenvalue weighted by atomic mass is 9.90. The maximum atomic E-state index is 12.7. The molecule has 4 fully saturated rings. The molecule has 10 heteroatoms. The van der Waals surface area contributed by atoms with Crippen LogP contribution < -0.4 is 18.9 Å². The summed E-state index contributed by atoms with van der Waals surface area (Å²) in [5.74, 6) is 2.35. The molecular formula is C42H50O10. The number of fused-ring (bicyclic) bond motifs is 2. The highest BCUT2D eigenvalue weighted by Gasteiger charge is 2.44. The molecule has 3 aromatic carbocycles. The first-order chi connectivity index (χ1) is 25.6. The molecule has 2 aliphatic heterocycles. The van der Waals surface area contributed by atoms with Crippen LogP contribution in [0.25, 0.3) is 0 Å². The van der Waals surface area contributed by atoms with Crippen LogP contribution in [0.5, 0.6) is 23.0 Å². The van der Waals surface area contributed by atoms with Gasteiger partial charge in [-0.25, -0.2) is 9.59 Å². The molecule has 2 saturated carbocycles. The summed E-state index contributed by atoms with van der Waals surface area (Å²) in [5, 5.41) is 0. The van der Waals surface area contributed by atoms with Crippen molar-refractivity contribution in [2.75, 3.05) is 39.6 Å². The Morgan fingerprint density at radius 2 is 0.865 bits per heavy atom. The maximum Gasteiger partial charge on any atom is 0.343 e. The number of ether oxygens (including phenoxy) is 8. The Bertz CT molecular complexity index is 1460. The Kier molecular flexibility index (Phi) is 12.7. The van der Waals surface area contributed by atoms with Crippen LogP contribution >= 0.6 is 0 Å². The largest absolute Gasteiger partial charge is 0.494 e. The summed E-state index contributed by atoms with van der Waals surface area (Å²) in [6.45, 7) is 4.29. The van der Waals surface area contributed by atoms with Crippen LogP contribution in [0.15, 0.2) is 72.8 Å². The Morgan fingerprint density at radius 1 is 0.481 bits per heavy atom. The second kappa shape index (κ2) is 18.2. The molecule has 0 amide bonds. The molecule has 4 aliphatic rings. The molecule has 10 nitrogen and oxygen atoms in total. The summed E-state index contributed by atoms with van der Waals surface area (Å²) in [5.41, 5.74) is 0.806. The number of carbonyl (C=O) groups is 2. The van der Waals surface area contributed by atoms with Crippen molar-refractivity contribution in [3.8, 4) is 23.0 Å². The van der Waals surface area contributed by atoms with Gasteiger partial charge >= 0.3 is 11.9 Å². The summed E-state index contributed by atoms with van der Waals surface area (Å²) in [6, 6.07) is 20.1. The summed E-state index contributed by atoms with van der Waals surface area (Å²) < 4.78 is 45.6. The number of unbranched alkanes of at least 4 members (excludes halogenated alkanes) is 2. The Labute approximate surface area is 306 Å². The van der Waals surface area contributed by atoms with E-state index in [0.29, 0.717) is 83.6 Å². The third-order valence-corrected chi connectivity index (χ3v) is 10.3. The number of hydrogen-bond acceptors (Lipinski definition) is 10. The van der Waals surface area contributed by atoms with Crippen molar-refractivity contribution in [3.05, 3.63) is 83.9 Å². The average molecular weight is 715 g/mol. The molecule has 6 unspecified atom stereocenters. The van der Waals surface area contributed by atoms with Gasteiger partial charge in [0.05, 0.1) is 48.8 Å². The highest BCUT2D eigenvalue weighted by molar-refractivity contribution is 5.92. The van der Waals surface area contributed by atoms with Crippen molar-refractivity contribution in [3.63, 3.8) is 0 Å². The summed E-state index contributed by atoms with van der Waals surface area (Å²) >= 11 is 0. The van der Waals surface area contributed by atoms with Gasteiger partial charge in [0.25, 0.3) is 0 Å². The quantitative estimate of drug-likeness (QED) is 0.0501. The van der Waals surface area contributed by atoms with E-state index in [2.05, 4.69) is 0 Å². The highest BCUT2D eigenvalue weighted by atomic mass is 16.6. The first-order valence-corrected chi connectivity index (χ1v) is 19.0. The van der Waals surface area contributed by atoms with Gasteiger partial charge in [-0.2, -0.15) is 0 Å². The van der Waals surface area contributed by atoms with Crippen LogP contribution in [0.1, 0.15) is 84.9 Å². The number of carbonyl (C=O) groups excluding carboxylic acids is 2. The average Bonchev–Trinajstić information content (AvgIpc) is 4.11. The maximum absolute atomic E-state index is 12.7. The molecule has 2 aliphatic carbocycles. The number of hydrogen-bond donors (Lipinski definition) is 0. The van der Waals surface area contributed by atoms with Gasteiger partial charge in [0.1, 0.15) is 23.0 Å². The summed E-state index contributed by atoms with van der Waals surface area (Å²) in [6.07, 6.45) is 12.8. The van der Waals surface area contributed by atoms with Crippen molar-refractivity contribution in [2.24, 2.45) is 11.8 Å². The van der Waals surface area contributed by atoms with Gasteiger partial charge in [-0.1, -0.05) is 0 Å². The third-order valence-electron chi connectivity index (χ3n) is 10.3. The van der Waals surface area contributed by atoms with Crippen LogP contribution in [-0.2, 0) is 18.9 Å². The van der Waals surface area contributed by atoms with Crippen molar-refractivity contribution < 1.29 is 47.5 Å². The van der Waals surface area contributed by atoms with E-state index in [9.17, 15) is 9.59 Å². The molecule has 3 aromatic rings. The van der Waals surface area contributed by atoms with Crippen LogP contribution in [0.4, 0.5) is 0 Å². The molecule has 7 rings (SSSR count). The molecule has 0 aromatic heterocycles. The smallest absolute Gasteiger partial charge is 0.343 e. The van der Waals surface area contributed by atoms with Crippen LogP contribution in [0.2, 0.25) is 0 Å². The van der Waals surface area contributed by atoms with Gasteiger partial charge in [-0.05, 0) is 149 Å². The Balaban J connectivity index is 0.733. The molecule has 2 heterocycles. The predicted molar refractivity (Wildman–Crippen MR) is 192 cm³/mol. The Morgan fingerprint density at radius 3 is 1.27 bits per heavy atom. The fourth-order valence-electron chi connectivity index (χ4n) is 7.05. The SMILES string of the molecule is O=C(Oc1ccc(OC(=O)c2ccc(OCCCCOCC3CCC4OC4C3)cc2)cc1)c1ccc(OCCCCOCC2CCC3OC3C2)cc1. The van der Waals surface area contributed by atoms with E-state index in [0.717, 1.165) is 65.0 Å². The molecule has 0 spiro atoms. The van der Waals surface area contributed by atoms with E-state index in [4.69, 9.17) is 37.9 Å². The number of epoxide rings is 2. The van der Waals surface area contributed by atoms with Gasteiger partial charge in [-0.3, -0.25) is 0 Å². The standard InChI is InChI=1S/C42H50O10/c43-41(31-7-11-33(12-8-31)47-23-3-1-21-45-27-29-5-19-37-39(25-29)51-37)49-35-15-17-36(18-16-35)50-42(44)32-9-13-34(14-10-32)48-24-4-2-22-46-28-30-6-20-38-40(26-30)52-38/h7-18,29-30,37-40H,1-6,19-28H2. The minimum absolute atomic E-state index is 0.338. The molecule has 52 heavy (non-hydrogen) atoms. The van der Waals surface area contributed by atoms with Crippen LogP contribution in [0.3, 0.4) is 0 Å². The number of rotatable bonds is 20. The summed E-state index contributed by atoms with van der Waals surface area (Å²) in [4.78, 5) is 25.4. The molecule has 6 atom stereocenters. The van der Waals surface area contributed by atoms with Gasteiger partial charge in [-0.15, -0.1) is 0 Å². The van der Waals surface area contributed by atoms with Crippen molar-refractivity contribution >= 4 is 11.9 Å². The normalized spacial score (nSPS) is 24.2. The minimum atomic E-state index is -0.493. The van der Waals surface area contributed by atoms with Gasteiger partial charge in [0.2, 0.25) is 0 Å². The van der Waals surface area contributed by atoms with E-state index < -0.39 is 11.9 Å². The zero-order valence-electron chi connectivity index (χ0n) is 29.8. The van der Waals surface area contributed by atoms with Crippen molar-refractivity contribution in [2.45, 2.75) is 88.6 Å². The minimum Gasteiger partial charge on any atom is -0.494 e. The fourth-order valence-corrected chi connectivity index (χ4v) is 7.05. The predicted octanol–water partition coefficient (Wildman–Crippen LogP) is 7.61. The highest BCUT2D eigenvalue weighted by Crippen LogP contribution is 2.40. The third kappa shape index (κ3) is 11.0. The molecule has 0 N–H and O–H groups in total. The van der Waals surface area contributed by atoms with E-state index in [1.807, 2.05) is 0 Å². The second-order valence-electron chi connectivity index (χ2n) is 14.3. The van der Waals surface area contributed by atoms with Crippen LogP contribution in [-0.4, -0.2) is 76.0 Å². The van der Waals surface area contributed by atoms with Gasteiger partial charge < -0.3 is 37.9 Å². The van der Waals surface area contributed by atoms with Gasteiger partial charge in [0, 0.05) is 26.4 Å². The van der Waals surface area contributed by atoms with E-state index in [1.54, 1.807) is 72.8 Å². The van der Waals surface area contributed by atoms with E-state index in [-0.39, 0.29) is 0 Å². The van der Waals surface area contributed by atoms with Gasteiger partial charge in [0.15, 0.2) is 0 Å². The lowest BCUT2D eigenvalue weighted by Gasteiger charge is -2.18. The lowest BCUT2D eigenvalue weighted by Crippen LogP contribution is -2.18. The summed E-state index contributed by atoms with van der Waals surface area (Å²) in [7, 11) is 0.